The zero-order chi connectivity index (χ0) is 28.7. The van der Waals surface area contributed by atoms with Gasteiger partial charge >= 0.3 is 16.5 Å². The van der Waals surface area contributed by atoms with Crippen LogP contribution in [0.3, 0.4) is 0 Å². The van der Waals surface area contributed by atoms with Crippen LogP contribution in [0.2, 0.25) is 10.0 Å². The Morgan fingerprint density at radius 3 is 1.14 bits per heavy atom. The van der Waals surface area contributed by atoms with E-state index in [0.717, 1.165) is 22.6 Å². The molecule has 0 saturated carbocycles. The van der Waals surface area contributed by atoms with Gasteiger partial charge in [-0.3, -0.25) is 0 Å². The van der Waals surface area contributed by atoms with E-state index in [1.165, 1.54) is 12.4 Å². The second-order valence-electron chi connectivity index (χ2n) is 7.86. The first-order valence-electron chi connectivity index (χ1n) is 11.7. The second kappa shape index (κ2) is 20.6. The monoisotopic (exact) mass is 668 g/mol. The van der Waals surface area contributed by atoms with Gasteiger partial charge in [0.15, 0.2) is 0 Å². The van der Waals surface area contributed by atoms with Crippen LogP contribution in [0.5, 0.6) is 11.5 Å². The van der Waals surface area contributed by atoms with Crippen molar-refractivity contribution >= 4 is 47.4 Å². The number of hydrogen-bond acceptors (Lipinski definition) is 8. The van der Waals surface area contributed by atoms with Gasteiger partial charge < -0.3 is 30.6 Å². The molecule has 0 heterocycles. The third kappa shape index (κ3) is 13.5. The number of benzene rings is 4. The maximum absolute atomic E-state index is 11.7. The number of methoxy groups -OCH3 is 2. The topological polar surface area (TPSA) is 177 Å². The minimum Gasteiger partial charge on any atom is -0.857 e. The average Bonchev–Trinajstić information content (AvgIpc) is 2.99. The third-order valence-corrected chi connectivity index (χ3v) is 5.63. The molecule has 0 bridgehead atoms. The van der Waals surface area contributed by atoms with Gasteiger partial charge in [0.1, 0.15) is 11.5 Å². The molecule has 0 fully saturated rings. The number of hydrogen-bond donors (Lipinski definition) is 0. The number of rotatable bonds is 8. The molecule has 0 radical (unpaired) electrons. The van der Waals surface area contributed by atoms with E-state index in [1.54, 1.807) is 62.8 Å². The molecule has 0 unspecified atom stereocenters. The number of nitrogens with zero attached hydrogens (tertiary/aromatic N) is 4. The van der Waals surface area contributed by atoms with E-state index in [4.69, 9.17) is 32.7 Å². The van der Waals surface area contributed by atoms with Crippen LogP contribution in [0.1, 0.15) is 22.3 Å². The predicted molar refractivity (Wildman–Crippen MR) is 164 cm³/mol. The van der Waals surface area contributed by atoms with E-state index < -0.39 is 11.8 Å². The summed E-state index contributed by atoms with van der Waals surface area (Å²) in [5.74, 6) is 0.700. The fourth-order valence-corrected chi connectivity index (χ4v) is 3.23. The molecular weight excluding hydrogens is 642 g/mol. The Kier molecular flexibility index (Phi) is 18.6. The van der Waals surface area contributed by atoms with E-state index in [2.05, 4.69) is 20.4 Å². The van der Waals surface area contributed by atoms with Crippen molar-refractivity contribution < 1.29 is 47.1 Å². The summed E-state index contributed by atoms with van der Waals surface area (Å²) in [4.78, 5) is 0. The Labute approximate surface area is 269 Å². The molecule has 0 spiro atoms. The molecule has 228 valence electrons. The molecule has 4 aromatic carbocycles. The van der Waals surface area contributed by atoms with Gasteiger partial charge in [-0.25, -0.2) is 0 Å². The quantitative estimate of drug-likeness (QED) is 0.121. The summed E-state index contributed by atoms with van der Waals surface area (Å²) in [5, 5.41) is 39.3. The average molecular weight is 670 g/mol. The first-order chi connectivity index (χ1) is 19.4. The molecule has 4 rings (SSSR count). The van der Waals surface area contributed by atoms with Crippen molar-refractivity contribution in [2.24, 2.45) is 20.4 Å². The maximum atomic E-state index is 11.7. The Morgan fingerprint density at radius 2 is 0.860 bits per heavy atom. The molecule has 0 aliphatic carbocycles. The second-order valence-corrected chi connectivity index (χ2v) is 8.73. The van der Waals surface area contributed by atoms with Gasteiger partial charge in [-0.2, -0.15) is 20.4 Å². The van der Waals surface area contributed by atoms with Crippen LogP contribution in [0.25, 0.3) is 0 Å². The zero-order valence-corrected chi connectivity index (χ0v) is 25.4. The van der Waals surface area contributed by atoms with E-state index in [0.29, 0.717) is 21.2 Å². The fourth-order valence-electron chi connectivity index (χ4n) is 2.98. The van der Waals surface area contributed by atoms with Gasteiger partial charge in [0.05, 0.1) is 26.6 Å². The fraction of sp³-hybridized carbons (Fsp3) is 0.0667. The summed E-state index contributed by atoms with van der Waals surface area (Å²) in [6.45, 7) is 0. The summed E-state index contributed by atoms with van der Waals surface area (Å²) < 4.78 is 10.1. The molecule has 0 atom stereocenters. The van der Waals surface area contributed by atoms with Crippen molar-refractivity contribution in [2.45, 2.75) is 0 Å². The molecule has 0 aliphatic heterocycles. The molecule has 0 amide bonds. The Bertz CT molecular complexity index is 1370. The molecule has 4 aromatic rings. The largest absolute Gasteiger partial charge is 2.00 e. The van der Waals surface area contributed by atoms with Crippen LogP contribution < -0.4 is 19.7 Å². The van der Waals surface area contributed by atoms with Gasteiger partial charge in [0.2, 0.25) is 0 Å². The van der Waals surface area contributed by atoms with Gasteiger partial charge in [0.25, 0.3) is 0 Å². The minimum absolute atomic E-state index is 0. The van der Waals surface area contributed by atoms with Crippen molar-refractivity contribution in [3.8, 4) is 11.5 Å². The van der Waals surface area contributed by atoms with Gasteiger partial charge in [-0.05, 0) is 95.1 Å². The van der Waals surface area contributed by atoms with Crippen LogP contribution in [0, 0.1) is 0 Å². The van der Waals surface area contributed by atoms with Crippen LogP contribution >= 0.6 is 23.2 Å². The van der Waals surface area contributed by atoms with Gasteiger partial charge in [0, 0.05) is 21.8 Å². The molecule has 13 heteroatoms. The van der Waals surface area contributed by atoms with E-state index in [1.807, 2.05) is 48.5 Å². The van der Waals surface area contributed by atoms with Crippen molar-refractivity contribution in [3.05, 3.63) is 129 Å². The van der Waals surface area contributed by atoms with Gasteiger partial charge in [-0.1, -0.05) is 47.5 Å². The van der Waals surface area contributed by atoms with Crippen molar-refractivity contribution in [3.63, 3.8) is 0 Å². The normalized spacial score (nSPS) is 11.0. The number of halogens is 2. The van der Waals surface area contributed by atoms with Gasteiger partial charge in [-0.15, -0.1) is 0 Å². The van der Waals surface area contributed by atoms with Crippen LogP contribution in [-0.4, -0.2) is 49.4 Å². The van der Waals surface area contributed by atoms with E-state index in [-0.39, 0.29) is 27.4 Å². The van der Waals surface area contributed by atoms with Crippen molar-refractivity contribution in [2.75, 3.05) is 14.2 Å². The van der Waals surface area contributed by atoms with E-state index >= 15 is 0 Å². The Hall–Kier alpha value is -4.25. The zero-order valence-electron chi connectivity index (χ0n) is 22.9. The molecule has 0 saturated heterocycles. The summed E-state index contributed by atoms with van der Waals surface area (Å²) in [5.41, 5.74) is 2.56. The Balaban J connectivity index is 0.000000767. The third-order valence-electron chi connectivity index (χ3n) is 5.12. The standard InChI is InChI=1S/2C15H13ClN2O2.Ni.2H2O/c2*1-20-14-8-2-11(3-9-14)10-17-18-15(19)12-4-6-13(16)7-5-12;;;/h2*2-10H,1H3,(H,18,19);;2*1H2/q;;+2;;/p-2/b2*17-10+;;;. The smallest absolute Gasteiger partial charge is 0.857 e. The van der Waals surface area contributed by atoms with E-state index in [9.17, 15) is 10.2 Å². The summed E-state index contributed by atoms with van der Waals surface area (Å²) in [6, 6.07) is 27.5. The van der Waals surface area contributed by atoms with Crippen molar-refractivity contribution in [1.29, 1.82) is 0 Å². The molecule has 4 N–H and O–H groups in total. The minimum atomic E-state index is -0.411. The molecule has 43 heavy (non-hydrogen) atoms. The molecule has 0 aromatic heterocycles. The van der Waals surface area contributed by atoms with Crippen LogP contribution in [0.4, 0.5) is 0 Å². The first-order valence-corrected chi connectivity index (χ1v) is 12.5. The SMILES string of the molecule is COc1ccc(/C=N/N=C(\[O-])c2ccc(Cl)cc2)cc1.COc1ccc(/C=N/N=C(\[O-])c2ccc(Cl)cc2)cc1.O.O.[Ni+2]. The summed E-state index contributed by atoms with van der Waals surface area (Å²) >= 11 is 11.5. The summed E-state index contributed by atoms with van der Waals surface area (Å²) in [7, 11) is 3.20. The predicted octanol–water partition coefficient (Wildman–Crippen LogP) is 3.33. The Morgan fingerprint density at radius 1 is 0.558 bits per heavy atom. The maximum Gasteiger partial charge on any atom is 2.00 e. The number of ether oxygens (including phenoxy) is 2. The molecule has 10 nitrogen and oxygen atoms in total. The van der Waals surface area contributed by atoms with Crippen LogP contribution in [0.15, 0.2) is 117 Å². The van der Waals surface area contributed by atoms with Crippen LogP contribution in [-0.2, 0) is 16.5 Å². The molecule has 0 aliphatic rings. The van der Waals surface area contributed by atoms with Crippen molar-refractivity contribution in [1.82, 2.24) is 0 Å². The molecular formula is C30H28Cl2N4NiO6. The summed E-state index contributed by atoms with van der Waals surface area (Å²) in [6.07, 6.45) is 3.01. The first kappa shape index (κ1) is 38.8.